The molecule has 0 unspecified atom stereocenters. The summed E-state index contributed by atoms with van der Waals surface area (Å²) in [6.45, 7) is 0. The lowest BCUT2D eigenvalue weighted by Crippen LogP contribution is -1.99. The minimum absolute atomic E-state index is 0.459. The average molecular weight is 301 g/mol. The topological polar surface area (TPSA) is 44.8 Å². The van der Waals surface area contributed by atoms with Crippen molar-refractivity contribution in [1.82, 2.24) is 0 Å². The zero-order chi connectivity index (χ0) is 12.8. The summed E-state index contributed by atoms with van der Waals surface area (Å²) in [7, 11) is 4.57. The Kier molecular flexibility index (Phi) is 5.03. The highest BCUT2D eigenvalue weighted by molar-refractivity contribution is 9.11. The van der Waals surface area contributed by atoms with Crippen LogP contribution in [-0.4, -0.2) is 27.6 Å². The van der Waals surface area contributed by atoms with E-state index in [0.717, 1.165) is 6.29 Å². The van der Waals surface area contributed by atoms with Gasteiger partial charge in [0.15, 0.2) is 17.8 Å². The minimum Gasteiger partial charge on any atom is -0.493 e. The van der Waals surface area contributed by atoms with Crippen molar-refractivity contribution in [2.24, 2.45) is 0 Å². The van der Waals surface area contributed by atoms with Crippen molar-refractivity contribution >= 4 is 27.8 Å². The SMILES string of the molecule is COc1ccc(/C(C=O)=C/Br)c(OC)c1OC. The van der Waals surface area contributed by atoms with E-state index >= 15 is 0 Å². The Labute approximate surface area is 108 Å². The second-order valence-electron chi connectivity index (χ2n) is 3.06. The van der Waals surface area contributed by atoms with Gasteiger partial charge in [-0.15, -0.1) is 0 Å². The fourth-order valence-corrected chi connectivity index (χ4v) is 1.83. The summed E-state index contributed by atoms with van der Waals surface area (Å²) in [6, 6.07) is 3.46. The van der Waals surface area contributed by atoms with Crippen LogP contribution < -0.4 is 14.2 Å². The van der Waals surface area contributed by atoms with Gasteiger partial charge in [-0.1, -0.05) is 15.9 Å². The molecule has 0 N–H and O–H groups in total. The number of rotatable bonds is 5. The van der Waals surface area contributed by atoms with Gasteiger partial charge >= 0.3 is 0 Å². The smallest absolute Gasteiger partial charge is 0.203 e. The maximum Gasteiger partial charge on any atom is 0.203 e. The van der Waals surface area contributed by atoms with Gasteiger partial charge in [0.2, 0.25) is 5.75 Å². The highest BCUT2D eigenvalue weighted by atomic mass is 79.9. The molecule has 0 aliphatic heterocycles. The summed E-state index contributed by atoms with van der Waals surface area (Å²) in [5.74, 6) is 1.47. The number of methoxy groups -OCH3 is 3. The molecule has 0 aliphatic carbocycles. The molecule has 1 aromatic rings. The van der Waals surface area contributed by atoms with Crippen LogP contribution >= 0.6 is 15.9 Å². The van der Waals surface area contributed by atoms with Gasteiger partial charge in [-0.3, -0.25) is 4.79 Å². The fraction of sp³-hybridized carbons (Fsp3) is 0.250. The van der Waals surface area contributed by atoms with E-state index < -0.39 is 0 Å². The zero-order valence-electron chi connectivity index (χ0n) is 9.82. The number of hydrogen-bond donors (Lipinski definition) is 0. The van der Waals surface area contributed by atoms with Gasteiger partial charge in [0.05, 0.1) is 21.3 Å². The van der Waals surface area contributed by atoms with E-state index in [0.29, 0.717) is 28.4 Å². The molecule has 5 heteroatoms. The third-order valence-electron chi connectivity index (χ3n) is 2.26. The highest BCUT2D eigenvalue weighted by Crippen LogP contribution is 2.42. The normalized spacial score (nSPS) is 10.9. The van der Waals surface area contributed by atoms with Crippen molar-refractivity contribution in [3.63, 3.8) is 0 Å². The van der Waals surface area contributed by atoms with Crippen molar-refractivity contribution in [2.45, 2.75) is 0 Å². The Hall–Kier alpha value is -1.49. The van der Waals surface area contributed by atoms with Crippen LogP contribution in [0, 0.1) is 0 Å². The van der Waals surface area contributed by atoms with Gasteiger partial charge in [-0.2, -0.15) is 0 Å². The van der Waals surface area contributed by atoms with Gasteiger partial charge < -0.3 is 14.2 Å². The molecule has 4 nitrogen and oxygen atoms in total. The van der Waals surface area contributed by atoms with Crippen LogP contribution in [0.5, 0.6) is 17.2 Å². The maximum absolute atomic E-state index is 10.9. The summed E-state index contributed by atoms with van der Waals surface area (Å²) in [6.07, 6.45) is 0.735. The molecule has 0 spiro atoms. The molecule has 0 aromatic heterocycles. The van der Waals surface area contributed by atoms with Crippen LogP contribution in [-0.2, 0) is 4.79 Å². The van der Waals surface area contributed by atoms with Crippen LogP contribution in [0.15, 0.2) is 17.1 Å². The summed E-state index contributed by atoms with van der Waals surface area (Å²) in [5, 5.41) is 0. The summed E-state index contributed by atoms with van der Waals surface area (Å²) < 4.78 is 15.7. The molecule has 0 radical (unpaired) electrons. The van der Waals surface area contributed by atoms with E-state index in [9.17, 15) is 4.79 Å². The Morgan fingerprint density at radius 2 is 1.76 bits per heavy atom. The number of benzene rings is 1. The quantitative estimate of drug-likeness (QED) is 0.619. The van der Waals surface area contributed by atoms with E-state index in [-0.39, 0.29) is 0 Å². The highest BCUT2D eigenvalue weighted by Gasteiger charge is 2.17. The third-order valence-corrected chi connectivity index (χ3v) is 2.75. The molecule has 0 aliphatic rings. The molecule has 1 aromatic carbocycles. The first kappa shape index (κ1) is 13.6. The molecule has 0 saturated carbocycles. The zero-order valence-corrected chi connectivity index (χ0v) is 11.4. The predicted octanol–water partition coefficient (Wildman–Crippen LogP) is 2.65. The molecule has 0 bridgehead atoms. The number of halogens is 1. The molecule has 92 valence electrons. The van der Waals surface area contributed by atoms with Crippen LogP contribution in [0.4, 0.5) is 0 Å². The van der Waals surface area contributed by atoms with Gasteiger partial charge in [0, 0.05) is 11.1 Å². The van der Waals surface area contributed by atoms with Gasteiger partial charge in [0.1, 0.15) is 0 Å². The largest absolute Gasteiger partial charge is 0.493 e. The lowest BCUT2D eigenvalue weighted by atomic mass is 10.1. The first-order valence-electron chi connectivity index (χ1n) is 4.78. The van der Waals surface area contributed by atoms with Crippen LogP contribution in [0.2, 0.25) is 0 Å². The van der Waals surface area contributed by atoms with Crippen LogP contribution in [0.25, 0.3) is 5.57 Å². The van der Waals surface area contributed by atoms with Crippen LogP contribution in [0.3, 0.4) is 0 Å². The van der Waals surface area contributed by atoms with Gasteiger partial charge in [-0.25, -0.2) is 0 Å². The fourth-order valence-electron chi connectivity index (χ4n) is 1.48. The monoisotopic (exact) mass is 300 g/mol. The van der Waals surface area contributed by atoms with Crippen molar-refractivity contribution in [3.05, 3.63) is 22.7 Å². The number of carbonyl (C=O) groups excluding carboxylic acids is 1. The minimum atomic E-state index is 0.459. The predicted molar refractivity (Wildman–Crippen MR) is 69.1 cm³/mol. The lowest BCUT2D eigenvalue weighted by Gasteiger charge is -2.15. The van der Waals surface area contributed by atoms with Crippen molar-refractivity contribution < 1.29 is 19.0 Å². The summed E-state index contributed by atoms with van der Waals surface area (Å²) in [4.78, 5) is 12.5. The average Bonchev–Trinajstić information content (AvgIpc) is 2.39. The number of allylic oxidation sites excluding steroid dienone is 1. The van der Waals surface area contributed by atoms with E-state index in [2.05, 4.69) is 15.9 Å². The Morgan fingerprint density at radius 3 is 2.18 bits per heavy atom. The molecule has 0 saturated heterocycles. The third kappa shape index (κ3) is 2.61. The van der Waals surface area contributed by atoms with E-state index in [1.54, 1.807) is 12.1 Å². The van der Waals surface area contributed by atoms with E-state index in [1.165, 1.54) is 26.3 Å². The number of carbonyl (C=O) groups is 1. The van der Waals surface area contributed by atoms with Crippen LogP contribution in [0.1, 0.15) is 5.56 Å². The van der Waals surface area contributed by atoms with Gasteiger partial charge in [-0.05, 0) is 17.1 Å². The maximum atomic E-state index is 10.9. The molecular weight excluding hydrogens is 288 g/mol. The Bertz CT molecular complexity index is 440. The van der Waals surface area contributed by atoms with E-state index in [1.807, 2.05) is 0 Å². The molecule has 0 fully saturated rings. The lowest BCUT2D eigenvalue weighted by molar-refractivity contribution is -0.103. The molecule has 1 rings (SSSR count). The number of ether oxygens (including phenoxy) is 3. The standard InChI is InChI=1S/C12H13BrO4/c1-15-10-5-4-9(8(6-13)7-14)11(16-2)12(10)17-3/h4-7H,1-3H3/b8-6+. The van der Waals surface area contributed by atoms with Gasteiger partial charge in [0.25, 0.3) is 0 Å². The molecule has 0 atom stereocenters. The summed E-state index contributed by atoms with van der Waals surface area (Å²) in [5.41, 5.74) is 1.10. The number of hydrogen-bond acceptors (Lipinski definition) is 4. The first-order valence-corrected chi connectivity index (χ1v) is 5.69. The number of aldehydes is 1. The summed E-state index contributed by atoms with van der Waals surface area (Å²) >= 11 is 3.14. The first-order chi connectivity index (χ1) is 8.23. The molecule has 0 amide bonds. The van der Waals surface area contributed by atoms with Crippen molar-refractivity contribution in [3.8, 4) is 17.2 Å². The molecule has 17 heavy (non-hydrogen) atoms. The van der Waals surface area contributed by atoms with Crippen molar-refractivity contribution in [1.29, 1.82) is 0 Å². The Morgan fingerprint density at radius 1 is 1.12 bits per heavy atom. The van der Waals surface area contributed by atoms with Crippen molar-refractivity contribution in [2.75, 3.05) is 21.3 Å². The molecule has 0 heterocycles. The Balaban J connectivity index is 3.48. The second kappa shape index (κ2) is 6.30. The molecular formula is C12H13BrO4. The second-order valence-corrected chi connectivity index (χ2v) is 3.52. The van der Waals surface area contributed by atoms with E-state index in [4.69, 9.17) is 14.2 Å².